The molecule has 0 aliphatic carbocycles. The molecule has 10 heteroatoms. The summed E-state index contributed by atoms with van der Waals surface area (Å²) in [4.78, 5) is 46.0. The van der Waals surface area contributed by atoms with E-state index in [1.807, 2.05) is 18.2 Å². The molecule has 1 aromatic rings. The average Bonchev–Trinajstić information content (AvgIpc) is 2.81. The fourth-order valence-corrected chi connectivity index (χ4v) is 2.35. The van der Waals surface area contributed by atoms with Crippen LogP contribution in [0, 0.1) is 0 Å². The van der Waals surface area contributed by atoms with Crippen LogP contribution in [-0.4, -0.2) is 50.6 Å². The molecular weight excluding hydrogens is 444 g/mol. The maximum absolute atomic E-state index is 11.8. The summed E-state index contributed by atoms with van der Waals surface area (Å²) < 4.78 is 19.8. The average molecular weight is 477 g/mol. The van der Waals surface area contributed by atoms with Crippen LogP contribution >= 0.6 is 0 Å². The third-order valence-electron chi connectivity index (χ3n) is 4.12. The molecule has 2 amide bonds. The molecule has 0 saturated heterocycles. The molecule has 2 N–H and O–H groups in total. The van der Waals surface area contributed by atoms with Crippen molar-refractivity contribution >= 4 is 24.1 Å². The molecule has 1 aromatic carbocycles. The summed E-state index contributed by atoms with van der Waals surface area (Å²) in [6.07, 6.45) is -0.0697. The van der Waals surface area contributed by atoms with Crippen molar-refractivity contribution in [2.24, 2.45) is 0 Å². The minimum atomic E-state index is -0.645. The third-order valence-corrected chi connectivity index (χ3v) is 4.12. The highest BCUT2D eigenvalue weighted by molar-refractivity contribution is 5.87. The molecule has 0 atom stereocenters. The maximum Gasteiger partial charge on any atom is 0.407 e. The number of hydrogen-bond donors (Lipinski definition) is 2. The van der Waals surface area contributed by atoms with Gasteiger partial charge in [-0.25, -0.2) is 19.2 Å². The van der Waals surface area contributed by atoms with Gasteiger partial charge in [0, 0.05) is 24.2 Å². The Hall–Kier alpha value is -3.82. The lowest BCUT2D eigenvalue weighted by molar-refractivity contribution is -0.140. The first-order chi connectivity index (χ1) is 16.2. The Morgan fingerprint density at radius 3 is 1.62 bits per heavy atom. The van der Waals surface area contributed by atoms with Crippen LogP contribution in [0.3, 0.4) is 0 Å². The van der Waals surface area contributed by atoms with E-state index in [9.17, 15) is 19.2 Å². The first kappa shape index (κ1) is 28.2. The fraction of sp³-hybridized carbons (Fsp3) is 0.417. The molecular formula is C24H32N2O8. The second kappa shape index (κ2) is 15.9. The Labute approximate surface area is 199 Å². The van der Waals surface area contributed by atoms with Crippen LogP contribution < -0.4 is 10.6 Å². The molecule has 0 bridgehead atoms. The number of amides is 2. The standard InChI is InChI=1S/C24H32N2O8/c1-17(2)21(27)31-10-5-6-11-33-23(29)25-15-19-8-7-9-20(14-19)16-26-24(30)34-13-12-32-22(28)18(3)4/h7-9,14H,1,3,5-6,10-13,15-16H2,2,4H3,(H,25,29)(H,26,30). The van der Waals surface area contributed by atoms with Crippen molar-refractivity contribution in [3.05, 3.63) is 59.7 Å². The molecule has 186 valence electrons. The van der Waals surface area contributed by atoms with E-state index in [-0.39, 0.29) is 45.1 Å². The molecule has 0 radical (unpaired) electrons. The van der Waals surface area contributed by atoms with E-state index in [1.165, 1.54) is 6.92 Å². The zero-order valence-corrected chi connectivity index (χ0v) is 19.6. The van der Waals surface area contributed by atoms with Crippen molar-refractivity contribution in [2.75, 3.05) is 26.4 Å². The Morgan fingerprint density at radius 2 is 1.12 bits per heavy atom. The summed E-state index contributed by atoms with van der Waals surface area (Å²) in [5.41, 5.74) is 2.24. The molecule has 0 fully saturated rings. The number of unbranched alkanes of at least 4 members (excludes halogenated alkanes) is 1. The lowest BCUT2D eigenvalue weighted by Gasteiger charge is -2.10. The number of hydrogen-bond acceptors (Lipinski definition) is 8. The van der Waals surface area contributed by atoms with Crippen LogP contribution in [0.2, 0.25) is 0 Å². The van der Waals surface area contributed by atoms with Crippen LogP contribution in [-0.2, 0) is 41.6 Å². The van der Waals surface area contributed by atoms with Crippen molar-refractivity contribution in [3.63, 3.8) is 0 Å². The fourth-order valence-electron chi connectivity index (χ4n) is 2.35. The van der Waals surface area contributed by atoms with Crippen molar-refractivity contribution < 1.29 is 38.1 Å². The van der Waals surface area contributed by atoms with Gasteiger partial charge in [0.1, 0.15) is 13.2 Å². The summed E-state index contributed by atoms with van der Waals surface area (Å²) in [6, 6.07) is 7.27. The second-order valence-electron chi connectivity index (χ2n) is 7.34. The van der Waals surface area contributed by atoms with Gasteiger partial charge in [0.2, 0.25) is 0 Å². The number of rotatable bonds is 14. The summed E-state index contributed by atoms with van der Waals surface area (Å²) in [7, 11) is 0. The highest BCUT2D eigenvalue weighted by atomic mass is 16.6. The van der Waals surface area contributed by atoms with E-state index in [0.717, 1.165) is 11.1 Å². The number of carbonyl (C=O) groups excluding carboxylic acids is 4. The number of ether oxygens (including phenoxy) is 4. The van der Waals surface area contributed by atoms with Crippen LogP contribution in [0.25, 0.3) is 0 Å². The van der Waals surface area contributed by atoms with Crippen molar-refractivity contribution in [3.8, 4) is 0 Å². The first-order valence-corrected chi connectivity index (χ1v) is 10.7. The van der Waals surface area contributed by atoms with E-state index in [1.54, 1.807) is 13.0 Å². The topological polar surface area (TPSA) is 129 Å². The Morgan fingerprint density at radius 1 is 0.706 bits per heavy atom. The smallest absolute Gasteiger partial charge is 0.407 e. The minimum absolute atomic E-state index is 0.0567. The largest absolute Gasteiger partial charge is 0.462 e. The van der Waals surface area contributed by atoms with E-state index in [4.69, 9.17) is 18.9 Å². The monoisotopic (exact) mass is 476 g/mol. The number of esters is 2. The van der Waals surface area contributed by atoms with Gasteiger partial charge in [-0.3, -0.25) is 0 Å². The number of benzene rings is 1. The van der Waals surface area contributed by atoms with Gasteiger partial charge in [0.15, 0.2) is 0 Å². The maximum atomic E-state index is 11.8. The normalized spacial score (nSPS) is 9.94. The highest BCUT2D eigenvalue weighted by Gasteiger charge is 2.07. The molecule has 0 heterocycles. The molecule has 0 saturated carbocycles. The van der Waals surface area contributed by atoms with Gasteiger partial charge in [-0.2, -0.15) is 0 Å². The summed E-state index contributed by atoms with van der Waals surface area (Å²) in [5.74, 6) is -0.977. The zero-order valence-electron chi connectivity index (χ0n) is 19.6. The first-order valence-electron chi connectivity index (χ1n) is 10.7. The minimum Gasteiger partial charge on any atom is -0.462 e. The summed E-state index contributed by atoms with van der Waals surface area (Å²) >= 11 is 0. The molecule has 0 aliphatic heterocycles. The van der Waals surface area contributed by atoms with Gasteiger partial charge in [-0.1, -0.05) is 37.4 Å². The highest BCUT2D eigenvalue weighted by Crippen LogP contribution is 2.06. The quantitative estimate of drug-likeness (QED) is 0.181. The predicted molar refractivity (Wildman–Crippen MR) is 124 cm³/mol. The predicted octanol–water partition coefficient (Wildman–Crippen LogP) is 3.16. The van der Waals surface area contributed by atoms with E-state index in [2.05, 4.69) is 23.8 Å². The van der Waals surface area contributed by atoms with E-state index in [0.29, 0.717) is 18.4 Å². The van der Waals surface area contributed by atoms with Crippen LogP contribution in [0.5, 0.6) is 0 Å². The molecule has 0 unspecified atom stereocenters. The number of nitrogens with one attached hydrogen (secondary N) is 2. The lowest BCUT2D eigenvalue weighted by Crippen LogP contribution is -2.26. The Balaban J connectivity index is 2.21. The van der Waals surface area contributed by atoms with Gasteiger partial charge in [0.05, 0.1) is 13.2 Å². The molecule has 1 rings (SSSR count). The molecule has 0 spiro atoms. The van der Waals surface area contributed by atoms with E-state index >= 15 is 0 Å². The van der Waals surface area contributed by atoms with Crippen LogP contribution in [0.4, 0.5) is 9.59 Å². The van der Waals surface area contributed by atoms with Crippen LogP contribution in [0.1, 0.15) is 37.8 Å². The van der Waals surface area contributed by atoms with Crippen molar-refractivity contribution in [1.82, 2.24) is 10.6 Å². The molecule has 0 aliphatic rings. The summed E-state index contributed by atoms with van der Waals surface area (Å²) in [6.45, 7) is 10.8. The van der Waals surface area contributed by atoms with E-state index < -0.39 is 24.1 Å². The van der Waals surface area contributed by atoms with Crippen LogP contribution in [0.15, 0.2) is 48.6 Å². The molecule has 10 nitrogen and oxygen atoms in total. The number of alkyl carbamates (subject to hydrolysis) is 2. The summed E-state index contributed by atoms with van der Waals surface area (Å²) in [5, 5.41) is 5.24. The SMILES string of the molecule is C=C(C)C(=O)OCCCCOC(=O)NCc1cccc(CNC(=O)OCCOC(=O)C(=C)C)c1. The van der Waals surface area contributed by atoms with Gasteiger partial charge >= 0.3 is 24.1 Å². The number of carbonyl (C=O) groups is 4. The van der Waals surface area contributed by atoms with Gasteiger partial charge in [-0.05, 0) is 37.8 Å². The van der Waals surface area contributed by atoms with Crippen molar-refractivity contribution in [1.29, 1.82) is 0 Å². The molecule has 34 heavy (non-hydrogen) atoms. The third kappa shape index (κ3) is 12.9. The Kier molecular flexibility index (Phi) is 13.2. The van der Waals surface area contributed by atoms with Crippen molar-refractivity contribution in [2.45, 2.75) is 39.8 Å². The Bertz CT molecular complexity index is 881. The lowest BCUT2D eigenvalue weighted by atomic mass is 10.1. The zero-order chi connectivity index (χ0) is 25.3. The second-order valence-corrected chi connectivity index (χ2v) is 7.34. The van der Waals surface area contributed by atoms with Gasteiger partial charge < -0.3 is 29.6 Å². The van der Waals surface area contributed by atoms with Gasteiger partial charge in [-0.15, -0.1) is 0 Å². The van der Waals surface area contributed by atoms with Gasteiger partial charge in [0.25, 0.3) is 0 Å². The molecule has 0 aromatic heterocycles.